The molecule has 0 aromatic carbocycles. The fraction of sp³-hybridized carbons (Fsp3) is 0.333. The maximum Gasteiger partial charge on any atom is 0.252 e. The van der Waals surface area contributed by atoms with E-state index in [0.29, 0.717) is 10.0 Å². The predicted octanol–water partition coefficient (Wildman–Crippen LogP) is 0.123. The summed E-state index contributed by atoms with van der Waals surface area (Å²) in [4.78, 5) is 15.4. The van der Waals surface area contributed by atoms with E-state index in [-0.39, 0.29) is 19.0 Å². The SMILES string of the molecule is CS(=O)(=O)NCCNC(=O)c1cncc(Br)c1. The Morgan fingerprint density at radius 1 is 1.41 bits per heavy atom. The standard InChI is InChI=1S/C9H12BrN3O3S/c1-17(15,16)13-3-2-12-9(14)7-4-8(10)6-11-5-7/h4-6,13H,2-3H2,1H3,(H,12,14). The van der Waals surface area contributed by atoms with Crippen molar-refractivity contribution < 1.29 is 13.2 Å². The average Bonchev–Trinajstić information content (AvgIpc) is 2.23. The Morgan fingerprint density at radius 3 is 2.71 bits per heavy atom. The minimum absolute atomic E-state index is 0.159. The van der Waals surface area contributed by atoms with E-state index in [1.165, 1.54) is 6.20 Å². The van der Waals surface area contributed by atoms with Crippen LogP contribution in [0.3, 0.4) is 0 Å². The monoisotopic (exact) mass is 321 g/mol. The predicted molar refractivity (Wildman–Crippen MR) is 67.1 cm³/mol. The molecule has 0 atom stereocenters. The molecule has 0 saturated carbocycles. The number of nitrogens with zero attached hydrogens (tertiary/aromatic N) is 1. The third-order valence-corrected chi connectivity index (χ3v) is 2.90. The van der Waals surface area contributed by atoms with E-state index in [2.05, 4.69) is 31.0 Å². The molecule has 94 valence electrons. The summed E-state index contributed by atoms with van der Waals surface area (Å²) in [6.07, 6.45) is 4.07. The van der Waals surface area contributed by atoms with E-state index in [1.807, 2.05) is 0 Å². The lowest BCUT2D eigenvalue weighted by molar-refractivity contribution is 0.0954. The normalized spacial score (nSPS) is 11.2. The number of halogens is 1. The smallest absolute Gasteiger partial charge is 0.252 e. The van der Waals surface area contributed by atoms with Gasteiger partial charge in [0.2, 0.25) is 10.0 Å². The van der Waals surface area contributed by atoms with Gasteiger partial charge in [-0.3, -0.25) is 9.78 Å². The zero-order valence-electron chi connectivity index (χ0n) is 9.10. The highest BCUT2D eigenvalue weighted by atomic mass is 79.9. The molecular weight excluding hydrogens is 310 g/mol. The molecule has 17 heavy (non-hydrogen) atoms. The van der Waals surface area contributed by atoms with E-state index < -0.39 is 10.0 Å². The highest BCUT2D eigenvalue weighted by Crippen LogP contribution is 2.08. The van der Waals surface area contributed by atoms with Crippen LogP contribution in [0.4, 0.5) is 0 Å². The number of amides is 1. The highest BCUT2D eigenvalue weighted by Gasteiger charge is 2.06. The molecule has 0 aliphatic rings. The van der Waals surface area contributed by atoms with Crippen molar-refractivity contribution in [3.05, 3.63) is 28.5 Å². The molecule has 8 heteroatoms. The number of sulfonamides is 1. The van der Waals surface area contributed by atoms with Crippen molar-refractivity contribution in [1.82, 2.24) is 15.0 Å². The van der Waals surface area contributed by atoms with Gasteiger partial charge in [0, 0.05) is 30.0 Å². The second-order valence-corrected chi connectivity index (χ2v) is 6.06. The van der Waals surface area contributed by atoms with E-state index in [0.717, 1.165) is 6.26 Å². The van der Waals surface area contributed by atoms with Gasteiger partial charge >= 0.3 is 0 Å². The molecule has 0 radical (unpaired) electrons. The number of hydrogen-bond acceptors (Lipinski definition) is 4. The lowest BCUT2D eigenvalue weighted by atomic mass is 10.3. The van der Waals surface area contributed by atoms with Gasteiger partial charge in [0.15, 0.2) is 0 Å². The first-order valence-electron chi connectivity index (χ1n) is 4.72. The van der Waals surface area contributed by atoms with Gasteiger partial charge in [-0.1, -0.05) is 0 Å². The minimum atomic E-state index is -3.21. The van der Waals surface area contributed by atoms with E-state index >= 15 is 0 Å². The maximum absolute atomic E-state index is 11.6. The average molecular weight is 322 g/mol. The summed E-state index contributed by atoms with van der Waals surface area (Å²) >= 11 is 3.20. The third-order valence-electron chi connectivity index (χ3n) is 1.74. The van der Waals surface area contributed by atoms with Gasteiger partial charge in [-0.25, -0.2) is 13.1 Å². The van der Waals surface area contributed by atoms with E-state index in [1.54, 1.807) is 12.3 Å². The Bertz CT molecular complexity index is 504. The van der Waals surface area contributed by atoms with Crippen LogP contribution < -0.4 is 10.0 Å². The molecule has 0 unspecified atom stereocenters. The Kier molecular flexibility index (Phi) is 5.03. The fourth-order valence-corrected chi connectivity index (χ4v) is 1.89. The zero-order chi connectivity index (χ0) is 12.9. The van der Waals surface area contributed by atoms with Crippen LogP contribution in [0.25, 0.3) is 0 Å². The van der Waals surface area contributed by atoms with Gasteiger partial charge < -0.3 is 5.32 Å². The molecule has 0 spiro atoms. The van der Waals surface area contributed by atoms with Crippen LogP contribution in [0, 0.1) is 0 Å². The molecular formula is C9H12BrN3O3S. The summed E-state index contributed by atoms with van der Waals surface area (Å²) < 4.78 is 24.5. The van der Waals surface area contributed by atoms with Gasteiger partial charge in [0.05, 0.1) is 11.8 Å². The molecule has 0 aliphatic carbocycles. The number of aromatic nitrogens is 1. The summed E-state index contributed by atoms with van der Waals surface area (Å²) in [6.45, 7) is 0.379. The summed E-state index contributed by atoms with van der Waals surface area (Å²) in [5.74, 6) is -0.297. The topological polar surface area (TPSA) is 88.2 Å². The summed E-state index contributed by atoms with van der Waals surface area (Å²) in [5, 5.41) is 2.57. The van der Waals surface area contributed by atoms with Crippen LogP contribution >= 0.6 is 15.9 Å². The quantitative estimate of drug-likeness (QED) is 0.754. The number of carbonyl (C=O) groups excluding carboxylic acids is 1. The molecule has 1 amide bonds. The molecule has 2 N–H and O–H groups in total. The van der Waals surface area contributed by atoms with Crippen molar-refractivity contribution in [3.63, 3.8) is 0 Å². The number of carbonyl (C=O) groups is 1. The molecule has 6 nitrogen and oxygen atoms in total. The molecule has 1 aromatic heterocycles. The summed E-state index contributed by atoms with van der Waals surface area (Å²) in [6, 6.07) is 1.63. The van der Waals surface area contributed by atoms with Crippen molar-refractivity contribution in [2.45, 2.75) is 0 Å². The van der Waals surface area contributed by atoms with Gasteiger partial charge in [-0.2, -0.15) is 0 Å². The van der Waals surface area contributed by atoms with Gasteiger partial charge in [0.25, 0.3) is 5.91 Å². The second-order valence-electron chi connectivity index (χ2n) is 3.31. The Balaban J connectivity index is 2.41. The number of rotatable bonds is 5. The molecule has 0 fully saturated rings. The van der Waals surface area contributed by atoms with Gasteiger partial charge in [-0.05, 0) is 22.0 Å². The lowest BCUT2D eigenvalue weighted by Crippen LogP contribution is -2.34. The van der Waals surface area contributed by atoms with Crippen LogP contribution in [0.15, 0.2) is 22.9 Å². The van der Waals surface area contributed by atoms with Crippen LogP contribution in [0.2, 0.25) is 0 Å². The zero-order valence-corrected chi connectivity index (χ0v) is 11.5. The molecule has 0 bridgehead atoms. The Hall–Kier alpha value is -0.990. The van der Waals surface area contributed by atoms with Crippen molar-refractivity contribution >= 4 is 31.9 Å². The Morgan fingerprint density at radius 2 is 2.12 bits per heavy atom. The highest BCUT2D eigenvalue weighted by molar-refractivity contribution is 9.10. The molecule has 0 aliphatic heterocycles. The molecule has 1 heterocycles. The largest absolute Gasteiger partial charge is 0.351 e. The van der Waals surface area contributed by atoms with Gasteiger partial charge in [-0.15, -0.1) is 0 Å². The first-order valence-corrected chi connectivity index (χ1v) is 7.40. The van der Waals surface area contributed by atoms with E-state index in [9.17, 15) is 13.2 Å². The first kappa shape index (κ1) is 14.1. The third kappa shape index (κ3) is 5.76. The van der Waals surface area contributed by atoms with Crippen molar-refractivity contribution in [2.75, 3.05) is 19.3 Å². The van der Waals surface area contributed by atoms with E-state index in [4.69, 9.17) is 0 Å². The summed E-state index contributed by atoms with van der Waals surface area (Å²) in [7, 11) is -3.21. The van der Waals surface area contributed by atoms with Crippen molar-refractivity contribution in [2.24, 2.45) is 0 Å². The molecule has 1 aromatic rings. The minimum Gasteiger partial charge on any atom is -0.351 e. The maximum atomic E-state index is 11.6. The Labute approximate surface area is 108 Å². The first-order chi connectivity index (χ1) is 7.88. The van der Waals surface area contributed by atoms with Crippen LogP contribution in [0.5, 0.6) is 0 Å². The van der Waals surface area contributed by atoms with Crippen LogP contribution in [0.1, 0.15) is 10.4 Å². The number of nitrogens with one attached hydrogen (secondary N) is 2. The van der Waals surface area contributed by atoms with Crippen LogP contribution in [-0.4, -0.2) is 38.7 Å². The van der Waals surface area contributed by atoms with Crippen molar-refractivity contribution in [3.8, 4) is 0 Å². The second kappa shape index (κ2) is 6.08. The number of pyridine rings is 1. The number of hydrogen-bond donors (Lipinski definition) is 2. The van der Waals surface area contributed by atoms with Crippen LogP contribution in [-0.2, 0) is 10.0 Å². The summed E-state index contributed by atoms with van der Waals surface area (Å²) in [5.41, 5.74) is 0.415. The molecule has 0 saturated heterocycles. The fourth-order valence-electron chi connectivity index (χ4n) is 1.05. The van der Waals surface area contributed by atoms with Crippen molar-refractivity contribution in [1.29, 1.82) is 0 Å². The van der Waals surface area contributed by atoms with Gasteiger partial charge in [0.1, 0.15) is 0 Å². The lowest BCUT2D eigenvalue weighted by Gasteiger charge is -2.05. The molecule has 1 rings (SSSR count).